The summed E-state index contributed by atoms with van der Waals surface area (Å²) < 4.78 is 66.4. The van der Waals surface area contributed by atoms with Gasteiger partial charge in [0.15, 0.2) is 0 Å². The highest BCUT2D eigenvalue weighted by molar-refractivity contribution is 7.89. The van der Waals surface area contributed by atoms with Gasteiger partial charge in [-0.05, 0) is 43.9 Å². The highest BCUT2D eigenvalue weighted by atomic mass is 35.5. The first-order valence-electron chi connectivity index (χ1n) is 9.64. The first kappa shape index (κ1) is 22.5. The van der Waals surface area contributed by atoms with Crippen LogP contribution in [-0.4, -0.2) is 35.2 Å². The zero-order valence-corrected chi connectivity index (χ0v) is 18.3. The van der Waals surface area contributed by atoms with Crippen LogP contribution in [0.1, 0.15) is 25.3 Å². The zero-order valence-electron chi connectivity index (χ0n) is 16.7. The molecule has 3 heterocycles. The Morgan fingerprint density at radius 1 is 1.31 bits per heavy atom. The Morgan fingerprint density at radius 2 is 2.03 bits per heavy atom. The first-order chi connectivity index (χ1) is 15.0. The van der Waals surface area contributed by atoms with Crippen LogP contribution in [0.2, 0.25) is 5.02 Å². The molecule has 1 aliphatic rings. The van der Waals surface area contributed by atoms with Crippen LogP contribution in [0.15, 0.2) is 35.5 Å². The number of nitrogens with zero attached hydrogens (tertiary/aromatic N) is 4. The Hall–Kier alpha value is -2.68. The van der Waals surface area contributed by atoms with E-state index in [0.717, 1.165) is 25.1 Å². The third kappa shape index (κ3) is 4.30. The molecule has 0 unspecified atom stereocenters. The summed E-state index contributed by atoms with van der Waals surface area (Å²) >= 11 is 6.07. The van der Waals surface area contributed by atoms with Crippen LogP contribution in [0.4, 0.5) is 13.2 Å². The van der Waals surface area contributed by atoms with Crippen molar-refractivity contribution in [1.29, 1.82) is 5.26 Å². The maximum atomic E-state index is 12.8. The van der Waals surface area contributed by atoms with Gasteiger partial charge in [0.25, 0.3) is 0 Å². The summed E-state index contributed by atoms with van der Waals surface area (Å²) in [6.45, 7) is 1.32. The summed E-state index contributed by atoms with van der Waals surface area (Å²) in [4.78, 5) is 8.12. The molecule has 1 saturated carbocycles. The molecule has 32 heavy (non-hydrogen) atoms. The minimum atomic E-state index is -4.72. The van der Waals surface area contributed by atoms with Crippen LogP contribution in [-0.2, 0) is 16.6 Å². The van der Waals surface area contributed by atoms with E-state index in [-0.39, 0.29) is 0 Å². The van der Waals surface area contributed by atoms with Crippen molar-refractivity contribution in [3.63, 3.8) is 0 Å². The lowest BCUT2D eigenvalue weighted by Crippen LogP contribution is -2.42. The van der Waals surface area contributed by atoms with Crippen molar-refractivity contribution in [2.75, 3.05) is 0 Å². The van der Waals surface area contributed by atoms with E-state index in [0.29, 0.717) is 52.4 Å². The summed E-state index contributed by atoms with van der Waals surface area (Å²) in [6, 6.07) is 4.06. The Kier molecular flexibility index (Phi) is 5.65. The Bertz CT molecular complexity index is 1330. The number of fused-ring (bicyclic) bond motifs is 1. The van der Waals surface area contributed by atoms with Crippen LogP contribution in [0.25, 0.3) is 22.4 Å². The Labute approximate surface area is 186 Å². The van der Waals surface area contributed by atoms with Crippen LogP contribution >= 0.6 is 11.6 Å². The summed E-state index contributed by atoms with van der Waals surface area (Å²) in [7, 11) is -4.44. The number of sulfonamides is 1. The van der Waals surface area contributed by atoms with Gasteiger partial charge in [0.2, 0.25) is 10.0 Å². The lowest BCUT2D eigenvalue weighted by atomic mass is 10.1. The molecule has 4 rings (SSSR count). The van der Waals surface area contributed by atoms with Gasteiger partial charge in [0.1, 0.15) is 22.7 Å². The molecule has 1 fully saturated rings. The molecule has 0 spiro atoms. The summed E-state index contributed by atoms with van der Waals surface area (Å²) in [5, 5.41) is 10.7. The standard InChI is InChI=1S/C20H17ClF3N5O2S/c1-11(20(22,23)24)28-32(30,31)14-4-5-17(26-9-14)18-16(7-25)15-6-13(21)8-27-19(15)29(18)10-12-2-3-12/h4-6,8-9,11-12,28H,2-3,10H2,1H3/t11-/m1/s1. The molecular formula is C20H17ClF3N5O2S. The number of hydrogen-bond donors (Lipinski definition) is 1. The van der Waals surface area contributed by atoms with E-state index in [1.54, 1.807) is 10.8 Å². The number of nitrogens with one attached hydrogen (secondary N) is 1. The van der Waals surface area contributed by atoms with Gasteiger partial charge in [-0.2, -0.15) is 23.2 Å². The number of alkyl halides is 3. The fourth-order valence-corrected chi connectivity index (χ4v) is 4.69. The van der Waals surface area contributed by atoms with Gasteiger partial charge in [-0.3, -0.25) is 4.98 Å². The molecule has 3 aromatic heterocycles. The smallest absolute Gasteiger partial charge is 0.323 e. The van der Waals surface area contributed by atoms with Crippen molar-refractivity contribution in [1.82, 2.24) is 19.3 Å². The molecule has 1 N–H and O–H groups in total. The van der Waals surface area contributed by atoms with Crippen LogP contribution in [0.3, 0.4) is 0 Å². The Balaban J connectivity index is 1.77. The van der Waals surface area contributed by atoms with Crippen molar-refractivity contribution >= 4 is 32.7 Å². The SMILES string of the molecule is C[C@@H](NS(=O)(=O)c1ccc(-c2c(C#N)c3cc(Cl)cnc3n2CC2CC2)nc1)C(F)(F)F. The quantitative estimate of drug-likeness (QED) is 0.564. The molecule has 0 bridgehead atoms. The molecule has 0 radical (unpaired) electrons. The van der Waals surface area contributed by atoms with E-state index < -0.39 is 27.1 Å². The normalized spacial score (nSPS) is 15.6. The predicted octanol–water partition coefficient (Wildman–Crippen LogP) is 4.26. The third-order valence-corrected chi connectivity index (χ3v) is 6.96. The van der Waals surface area contributed by atoms with E-state index in [1.807, 2.05) is 4.57 Å². The van der Waals surface area contributed by atoms with Gasteiger partial charge in [-0.1, -0.05) is 11.6 Å². The van der Waals surface area contributed by atoms with E-state index in [1.165, 1.54) is 12.3 Å². The Morgan fingerprint density at radius 3 is 2.59 bits per heavy atom. The number of nitriles is 1. The largest absolute Gasteiger partial charge is 0.404 e. The summed E-state index contributed by atoms with van der Waals surface area (Å²) in [5.41, 5.74) is 1.62. The first-order valence-corrected chi connectivity index (χ1v) is 11.5. The van der Waals surface area contributed by atoms with E-state index in [4.69, 9.17) is 11.6 Å². The summed E-state index contributed by atoms with van der Waals surface area (Å²) in [6.07, 6.45) is -0.180. The molecule has 1 aliphatic carbocycles. The lowest BCUT2D eigenvalue weighted by Gasteiger charge is -2.17. The van der Waals surface area contributed by atoms with Crippen molar-refractivity contribution in [2.24, 2.45) is 5.92 Å². The number of aromatic nitrogens is 3. The van der Waals surface area contributed by atoms with Gasteiger partial charge < -0.3 is 4.57 Å². The van der Waals surface area contributed by atoms with Crippen molar-refractivity contribution in [3.05, 3.63) is 41.2 Å². The minimum Gasteiger partial charge on any atom is -0.323 e. The second kappa shape index (κ2) is 8.03. The molecule has 0 saturated heterocycles. The lowest BCUT2D eigenvalue weighted by molar-refractivity contribution is -0.147. The van der Waals surface area contributed by atoms with Gasteiger partial charge in [0.05, 0.1) is 22.0 Å². The van der Waals surface area contributed by atoms with E-state index in [9.17, 15) is 26.9 Å². The maximum Gasteiger partial charge on any atom is 0.404 e. The average Bonchev–Trinajstić information content (AvgIpc) is 3.48. The number of halogens is 4. The van der Waals surface area contributed by atoms with Gasteiger partial charge in [-0.15, -0.1) is 0 Å². The molecule has 0 amide bonds. The van der Waals surface area contributed by atoms with Crippen molar-refractivity contribution < 1.29 is 21.6 Å². The highest BCUT2D eigenvalue weighted by Gasteiger charge is 2.39. The minimum absolute atomic E-state index is 0.294. The second-order valence-electron chi connectivity index (χ2n) is 7.68. The topological polar surface area (TPSA) is 101 Å². The van der Waals surface area contributed by atoms with Crippen LogP contribution in [0.5, 0.6) is 0 Å². The fraction of sp³-hybridized carbons (Fsp3) is 0.350. The average molecular weight is 484 g/mol. The van der Waals surface area contributed by atoms with Gasteiger partial charge in [-0.25, -0.2) is 13.4 Å². The monoisotopic (exact) mass is 483 g/mol. The van der Waals surface area contributed by atoms with Crippen LogP contribution < -0.4 is 4.72 Å². The predicted molar refractivity (Wildman–Crippen MR) is 111 cm³/mol. The third-order valence-electron chi connectivity index (χ3n) is 5.23. The number of rotatable bonds is 6. The molecule has 3 aromatic rings. The maximum absolute atomic E-state index is 12.8. The molecule has 0 aromatic carbocycles. The highest BCUT2D eigenvalue weighted by Crippen LogP contribution is 2.38. The second-order valence-corrected chi connectivity index (χ2v) is 9.83. The molecule has 1 atom stereocenters. The summed E-state index contributed by atoms with van der Waals surface area (Å²) in [5.74, 6) is 0.432. The van der Waals surface area contributed by atoms with E-state index in [2.05, 4.69) is 16.0 Å². The molecule has 168 valence electrons. The van der Waals surface area contributed by atoms with Crippen LogP contribution in [0, 0.1) is 17.2 Å². The number of hydrogen-bond acceptors (Lipinski definition) is 5. The van der Waals surface area contributed by atoms with E-state index >= 15 is 0 Å². The fourth-order valence-electron chi connectivity index (χ4n) is 3.36. The number of pyridine rings is 2. The van der Waals surface area contributed by atoms with Crippen molar-refractivity contribution in [3.8, 4) is 17.5 Å². The molecular weight excluding hydrogens is 467 g/mol. The zero-order chi connectivity index (χ0) is 23.3. The van der Waals surface area contributed by atoms with Gasteiger partial charge in [0, 0.05) is 24.3 Å². The van der Waals surface area contributed by atoms with Gasteiger partial charge >= 0.3 is 6.18 Å². The molecule has 7 nitrogen and oxygen atoms in total. The molecule has 12 heteroatoms. The molecule has 0 aliphatic heterocycles. The van der Waals surface area contributed by atoms with Crippen molar-refractivity contribution in [2.45, 2.75) is 43.4 Å².